The molecule has 1 aromatic carbocycles. The van der Waals surface area contributed by atoms with Crippen LogP contribution in [0.25, 0.3) is 10.2 Å². The number of benzene rings is 1. The van der Waals surface area contributed by atoms with E-state index in [0.717, 1.165) is 33.3 Å². The Balaban J connectivity index is 1.83. The van der Waals surface area contributed by atoms with Crippen LogP contribution in [0, 0.1) is 13.8 Å². The van der Waals surface area contributed by atoms with Gasteiger partial charge in [0.15, 0.2) is 0 Å². The van der Waals surface area contributed by atoms with Gasteiger partial charge in [0.25, 0.3) is 0 Å². The third kappa shape index (κ3) is 2.58. The van der Waals surface area contributed by atoms with Crippen LogP contribution < -0.4 is 10.1 Å². The van der Waals surface area contributed by atoms with Crippen LogP contribution >= 0.6 is 11.3 Å². The average molecular weight is 302 g/mol. The number of anilines is 1. The Kier molecular flexibility index (Phi) is 3.55. The summed E-state index contributed by atoms with van der Waals surface area (Å²) in [6.07, 6.45) is 0. The Hall–Kier alpha value is -2.08. The fraction of sp³-hybridized carbons (Fsp3) is 0.333. The van der Waals surface area contributed by atoms with E-state index in [-0.39, 0.29) is 0 Å². The minimum absolute atomic E-state index is 0.687. The number of ether oxygens (including phenoxy) is 1. The molecule has 2 heterocycles. The minimum atomic E-state index is 0.687. The highest BCUT2D eigenvalue weighted by molar-refractivity contribution is 7.18. The van der Waals surface area contributed by atoms with Gasteiger partial charge in [-0.25, -0.2) is 9.67 Å². The van der Waals surface area contributed by atoms with Crippen molar-refractivity contribution in [1.29, 1.82) is 0 Å². The molecule has 0 bridgehead atoms. The van der Waals surface area contributed by atoms with Crippen molar-refractivity contribution in [2.75, 3.05) is 12.4 Å². The van der Waals surface area contributed by atoms with E-state index in [9.17, 15) is 0 Å². The fourth-order valence-electron chi connectivity index (χ4n) is 2.48. The molecule has 0 atom stereocenters. The van der Waals surface area contributed by atoms with Crippen molar-refractivity contribution in [3.8, 4) is 5.88 Å². The first-order valence-electron chi connectivity index (χ1n) is 6.76. The van der Waals surface area contributed by atoms with Crippen LogP contribution in [0.1, 0.15) is 16.3 Å². The molecule has 0 radical (unpaired) electrons. The molecule has 3 rings (SSSR count). The highest BCUT2D eigenvalue weighted by atomic mass is 32.1. The molecule has 0 fully saturated rings. The second-order valence-corrected chi connectivity index (χ2v) is 6.20. The van der Waals surface area contributed by atoms with E-state index in [0.29, 0.717) is 6.54 Å². The van der Waals surface area contributed by atoms with Crippen molar-refractivity contribution in [2.24, 2.45) is 7.05 Å². The summed E-state index contributed by atoms with van der Waals surface area (Å²) in [4.78, 5) is 4.47. The lowest BCUT2D eigenvalue weighted by atomic mass is 10.2. The van der Waals surface area contributed by atoms with E-state index in [2.05, 4.69) is 33.6 Å². The molecule has 21 heavy (non-hydrogen) atoms. The van der Waals surface area contributed by atoms with E-state index in [1.54, 1.807) is 23.1 Å². The molecule has 2 aromatic heterocycles. The maximum Gasteiger partial charge on any atom is 0.216 e. The Bertz CT molecular complexity index is 790. The van der Waals surface area contributed by atoms with Crippen LogP contribution in [0.2, 0.25) is 0 Å². The van der Waals surface area contributed by atoms with E-state index < -0.39 is 0 Å². The predicted octanol–water partition coefficient (Wildman–Crippen LogP) is 3.27. The first-order chi connectivity index (χ1) is 10.1. The number of hydrogen-bond acceptors (Lipinski definition) is 5. The molecule has 0 saturated carbocycles. The molecular weight excluding hydrogens is 284 g/mol. The molecule has 1 N–H and O–H groups in total. The lowest BCUT2D eigenvalue weighted by Crippen LogP contribution is -2.02. The van der Waals surface area contributed by atoms with E-state index in [1.165, 1.54) is 4.70 Å². The quantitative estimate of drug-likeness (QED) is 0.803. The highest BCUT2D eigenvalue weighted by Gasteiger charge is 2.13. The SMILES string of the molecule is COc1c(CNc2ccc3nc(C)sc3c2)c(C)nn1C. The molecule has 0 spiro atoms. The van der Waals surface area contributed by atoms with Crippen molar-refractivity contribution < 1.29 is 4.74 Å². The third-order valence-corrected chi connectivity index (χ3v) is 4.38. The zero-order valence-electron chi connectivity index (χ0n) is 12.6. The van der Waals surface area contributed by atoms with Gasteiger partial charge in [-0.1, -0.05) is 0 Å². The van der Waals surface area contributed by atoms with Gasteiger partial charge < -0.3 is 10.1 Å². The smallest absolute Gasteiger partial charge is 0.216 e. The summed E-state index contributed by atoms with van der Waals surface area (Å²) in [5.74, 6) is 0.801. The standard InChI is InChI=1S/C15H18N4OS/c1-9-12(15(20-4)19(3)18-9)8-16-11-5-6-13-14(7-11)21-10(2)17-13/h5-7,16H,8H2,1-4H3. The van der Waals surface area contributed by atoms with Gasteiger partial charge in [0.05, 0.1) is 33.6 Å². The molecule has 3 aromatic rings. The van der Waals surface area contributed by atoms with Crippen LogP contribution in [0.5, 0.6) is 5.88 Å². The summed E-state index contributed by atoms with van der Waals surface area (Å²) >= 11 is 1.71. The summed E-state index contributed by atoms with van der Waals surface area (Å²) < 4.78 is 8.38. The van der Waals surface area contributed by atoms with Crippen molar-refractivity contribution >= 4 is 27.2 Å². The van der Waals surface area contributed by atoms with Crippen LogP contribution in [-0.4, -0.2) is 21.9 Å². The van der Waals surface area contributed by atoms with E-state index in [1.807, 2.05) is 20.9 Å². The van der Waals surface area contributed by atoms with Gasteiger partial charge in [0.2, 0.25) is 5.88 Å². The molecule has 0 amide bonds. The normalized spacial score (nSPS) is 11.0. The predicted molar refractivity (Wildman–Crippen MR) is 86.2 cm³/mol. The fourth-order valence-corrected chi connectivity index (χ4v) is 3.35. The number of aryl methyl sites for hydroxylation is 3. The summed E-state index contributed by atoms with van der Waals surface area (Å²) in [5.41, 5.74) is 4.20. The lowest BCUT2D eigenvalue weighted by molar-refractivity contribution is 0.370. The van der Waals surface area contributed by atoms with Crippen molar-refractivity contribution in [3.05, 3.63) is 34.5 Å². The number of hydrogen-bond donors (Lipinski definition) is 1. The molecule has 0 saturated heterocycles. The topological polar surface area (TPSA) is 52.0 Å². The number of nitrogens with one attached hydrogen (secondary N) is 1. The minimum Gasteiger partial charge on any atom is -0.481 e. The highest BCUT2D eigenvalue weighted by Crippen LogP contribution is 2.26. The molecule has 6 heteroatoms. The van der Waals surface area contributed by atoms with Crippen molar-refractivity contribution in [3.63, 3.8) is 0 Å². The maximum absolute atomic E-state index is 5.41. The van der Waals surface area contributed by atoms with Crippen LogP contribution in [0.4, 0.5) is 5.69 Å². The molecule has 0 aliphatic heterocycles. The van der Waals surface area contributed by atoms with Gasteiger partial charge in [-0.05, 0) is 32.0 Å². The number of thiazole rings is 1. The summed E-state index contributed by atoms with van der Waals surface area (Å²) in [5, 5.41) is 8.92. The van der Waals surface area contributed by atoms with Gasteiger partial charge in [0.1, 0.15) is 0 Å². The van der Waals surface area contributed by atoms with E-state index in [4.69, 9.17) is 4.74 Å². The number of fused-ring (bicyclic) bond motifs is 1. The number of nitrogens with zero attached hydrogens (tertiary/aromatic N) is 3. The zero-order chi connectivity index (χ0) is 15.0. The Morgan fingerprint density at radius 2 is 2.14 bits per heavy atom. The van der Waals surface area contributed by atoms with Crippen molar-refractivity contribution in [1.82, 2.24) is 14.8 Å². The molecule has 0 aliphatic rings. The monoisotopic (exact) mass is 302 g/mol. The van der Waals surface area contributed by atoms with Crippen LogP contribution in [-0.2, 0) is 13.6 Å². The first kappa shape index (κ1) is 13.9. The summed E-state index contributed by atoms with van der Waals surface area (Å²) in [6, 6.07) is 6.24. The van der Waals surface area contributed by atoms with Gasteiger partial charge >= 0.3 is 0 Å². The Labute approximate surface area is 127 Å². The molecule has 0 unspecified atom stereocenters. The van der Waals surface area contributed by atoms with Gasteiger partial charge in [-0.15, -0.1) is 11.3 Å². The zero-order valence-corrected chi connectivity index (χ0v) is 13.4. The second-order valence-electron chi connectivity index (χ2n) is 4.97. The average Bonchev–Trinajstić information content (AvgIpc) is 2.94. The van der Waals surface area contributed by atoms with Gasteiger partial charge in [-0.2, -0.15) is 5.10 Å². The van der Waals surface area contributed by atoms with Crippen LogP contribution in [0.15, 0.2) is 18.2 Å². The van der Waals surface area contributed by atoms with Gasteiger partial charge in [-0.3, -0.25) is 0 Å². The van der Waals surface area contributed by atoms with Crippen molar-refractivity contribution in [2.45, 2.75) is 20.4 Å². The number of rotatable bonds is 4. The van der Waals surface area contributed by atoms with Crippen LogP contribution in [0.3, 0.4) is 0 Å². The summed E-state index contributed by atoms with van der Waals surface area (Å²) in [7, 11) is 3.56. The summed E-state index contributed by atoms with van der Waals surface area (Å²) in [6.45, 7) is 4.71. The molecule has 110 valence electrons. The number of methoxy groups -OCH3 is 1. The Morgan fingerprint density at radius 3 is 2.90 bits per heavy atom. The molecule has 0 aliphatic carbocycles. The van der Waals surface area contributed by atoms with E-state index >= 15 is 0 Å². The first-order valence-corrected chi connectivity index (χ1v) is 7.57. The number of aromatic nitrogens is 3. The lowest BCUT2D eigenvalue weighted by Gasteiger charge is -2.08. The third-order valence-electron chi connectivity index (χ3n) is 3.45. The Morgan fingerprint density at radius 1 is 1.33 bits per heavy atom. The maximum atomic E-state index is 5.41. The molecule has 5 nitrogen and oxygen atoms in total. The largest absolute Gasteiger partial charge is 0.481 e. The van der Waals surface area contributed by atoms with Gasteiger partial charge in [0, 0.05) is 19.3 Å². The molecular formula is C15H18N4OS. The second kappa shape index (κ2) is 5.37.